The molecule has 1 aromatic rings. The number of hydrogen-bond donors (Lipinski definition) is 1. The second-order valence-corrected chi connectivity index (χ2v) is 5.04. The monoisotopic (exact) mass is 208 g/mol. The van der Waals surface area contributed by atoms with Gasteiger partial charge < -0.3 is 14.6 Å². The standard InChI is InChI=1S/C12H20N2O/c1-12(4-5-13-9-12)10-14(2)7-11-3-6-15-8-11/h3,6,8,13H,4-5,7,9-10H2,1-2H3. The molecule has 2 heterocycles. The number of hydrogen-bond acceptors (Lipinski definition) is 3. The van der Waals surface area contributed by atoms with Crippen molar-refractivity contribution in [2.45, 2.75) is 19.9 Å². The van der Waals surface area contributed by atoms with Crippen molar-refractivity contribution >= 4 is 0 Å². The van der Waals surface area contributed by atoms with Gasteiger partial charge in [-0.3, -0.25) is 0 Å². The summed E-state index contributed by atoms with van der Waals surface area (Å²) in [7, 11) is 2.18. The summed E-state index contributed by atoms with van der Waals surface area (Å²) in [6, 6.07) is 2.03. The van der Waals surface area contributed by atoms with Crippen LogP contribution in [0.15, 0.2) is 23.0 Å². The van der Waals surface area contributed by atoms with Crippen LogP contribution in [0.25, 0.3) is 0 Å². The average molecular weight is 208 g/mol. The lowest BCUT2D eigenvalue weighted by atomic mass is 9.89. The van der Waals surface area contributed by atoms with Crippen molar-refractivity contribution in [2.75, 3.05) is 26.7 Å². The third-order valence-electron chi connectivity index (χ3n) is 3.14. The summed E-state index contributed by atoms with van der Waals surface area (Å²) in [4.78, 5) is 2.37. The molecule has 0 spiro atoms. The molecule has 0 radical (unpaired) electrons. The summed E-state index contributed by atoms with van der Waals surface area (Å²) in [6.45, 7) is 6.79. The van der Waals surface area contributed by atoms with Crippen LogP contribution in [0.3, 0.4) is 0 Å². The van der Waals surface area contributed by atoms with Gasteiger partial charge in [0, 0.05) is 25.2 Å². The van der Waals surface area contributed by atoms with Crippen LogP contribution in [-0.2, 0) is 6.54 Å². The fourth-order valence-electron chi connectivity index (χ4n) is 2.41. The van der Waals surface area contributed by atoms with Gasteiger partial charge in [0.05, 0.1) is 12.5 Å². The first-order valence-corrected chi connectivity index (χ1v) is 5.58. The third-order valence-corrected chi connectivity index (χ3v) is 3.14. The van der Waals surface area contributed by atoms with E-state index in [2.05, 4.69) is 24.2 Å². The minimum atomic E-state index is 0.443. The molecule has 1 unspecified atom stereocenters. The molecular weight excluding hydrogens is 188 g/mol. The van der Waals surface area contributed by atoms with E-state index < -0.39 is 0 Å². The number of rotatable bonds is 4. The van der Waals surface area contributed by atoms with Crippen LogP contribution in [0.2, 0.25) is 0 Å². The third kappa shape index (κ3) is 2.83. The first kappa shape index (κ1) is 10.7. The van der Waals surface area contributed by atoms with E-state index in [9.17, 15) is 0 Å². The van der Waals surface area contributed by atoms with E-state index in [1.54, 1.807) is 6.26 Å². The van der Waals surface area contributed by atoms with E-state index in [1.165, 1.54) is 12.0 Å². The number of nitrogens with zero attached hydrogens (tertiary/aromatic N) is 1. The van der Waals surface area contributed by atoms with E-state index in [0.29, 0.717) is 5.41 Å². The van der Waals surface area contributed by atoms with Crippen molar-refractivity contribution in [3.63, 3.8) is 0 Å². The van der Waals surface area contributed by atoms with Gasteiger partial charge in [-0.1, -0.05) is 6.92 Å². The van der Waals surface area contributed by atoms with Gasteiger partial charge in [-0.05, 0) is 31.5 Å². The van der Waals surface area contributed by atoms with E-state index in [0.717, 1.165) is 26.2 Å². The predicted molar refractivity (Wildman–Crippen MR) is 60.6 cm³/mol. The lowest BCUT2D eigenvalue weighted by molar-refractivity contribution is 0.203. The zero-order chi connectivity index (χ0) is 10.7. The highest BCUT2D eigenvalue weighted by Gasteiger charge is 2.29. The van der Waals surface area contributed by atoms with Gasteiger partial charge >= 0.3 is 0 Å². The molecule has 1 aliphatic rings. The SMILES string of the molecule is CN(Cc1ccoc1)CC1(C)CCNC1. The first-order valence-electron chi connectivity index (χ1n) is 5.58. The van der Waals surface area contributed by atoms with Crippen molar-refractivity contribution in [2.24, 2.45) is 5.41 Å². The zero-order valence-electron chi connectivity index (χ0n) is 9.62. The molecule has 0 saturated carbocycles. The highest BCUT2D eigenvalue weighted by molar-refractivity contribution is 5.04. The van der Waals surface area contributed by atoms with Crippen molar-refractivity contribution in [3.8, 4) is 0 Å². The molecule has 1 aliphatic heterocycles. The van der Waals surface area contributed by atoms with Gasteiger partial charge in [0.2, 0.25) is 0 Å². The van der Waals surface area contributed by atoms with Crippen LogP contribution in [-0.4, -0.2) is 31.6 Å². The van der Waals surface area contributed by atoms with Gasteiger partial charge in [0.15, 0.2) is 0 Å². The van der Waals surface area contributed by atoms with E-state index in [1.807, 2.05) is 12.3 Å². The van der Waals surface area contributed by atoms with Gasteiger partial charge in [-0.15, -0.1) is 0 Å². The lowest BCUT2D eigenvalue weighted by Crippen LogP contribution is -2.34. The molecule has 15 heavy (non-hydrogen) atoms. The molecule has 84 valence electrons. The summed E-state index contributed by atoms with van der Waals surface area (Å²) >= 11 is 0. The average Bonchev–Trinajstić information content (AvgIpc) is 2.76. The Morgan fingerprint density at radius 1 is 1.60 bits per heavy atom. The summed E-state index contributed by atoms with van der Waals surface area (Å²) in [6.07, 6.45) is 4.84. The molecular formula is C12H20N2O. The lowest BCUT2D eigenvalue weighted by Gasteiger charge is -2.28. The largest absolute Gasteiger partial charge is 0.472 e. The van der Waals surface area contributed by atoms with Crippen LogP contribution < -0.4 is 5.32 Å². The van der Waals surface area contributed by atoms with E-state index >= 15 is 0 Å². The topological polar surface area (TPSA) is 28.4 Å². The molecule has 1 N–H and O–H groups in total. The second-order valence-electron chi connectivity index (χ2n) is 5.04. The zero-order valence-corrected chi connectivity index (χ0v) is 9.62. The molecule has 0 amide bonds. The predicted octanol–water partition coefficient (Wildman–Crippen LogP) is 1.71. The van der Waals surface area contributed by atoms with E-state index in [4.69, 9.17) is 4.42 Å². The maximum absolute atomic E-state index is 5.07. The molecule has 1 atom stereocenters. The highest BCUT2D eigenvalue weighted by atomic mass is 16.3. The Hall–Kier alpha value is -0.800. The Balaban J connectivity index is 1.84. The summed E-state index contributed by atoms with van der Waals surface area (Å²) in [5.41, 5.74) is 1.70. The van der Waals surface area contributed by atoms with Crippen molar-refractivity contribution in [3.05, 3.63) is 24.2 Å². The van der Waals surface area contributed by atoms with Crippen LogP contribution in [0.4, 0.5) is 0 Å². The Morgan fingerprint density at radius 3 is 3.07 bits per heavy atom. The number of nitrogens with one attached hydrogen (secondary N) is 1. The Bertz CT molecular complexity index is 289. The summed E-state index contributed by atoms with van der Waals surface area (Å²) in [5.74, 6) is 0. The minimum absolute atomic E-state index is 0.443. The Morgan fingerprint density at radius 2 is 2.47 bits per heavy atom. The van der Waals surface area contributed by atoms with Crippen LogP contribution in [0.5, 0.6) is 0 Å². The summed E-state index contributed by atoms with van der Waals surface area (Å²) < 4.78 is 5.07. The molecule has 1 aromatic heterocycles. The molecule has 3 heteroatoms. The molecule has 2 rings (SSSR count). The fraction of sp³-hybridized carbons (Fsp3) is 0.667. The minimum Gasteiger partial charge on any atom is -0.472 e. The highest BCUT2D eigenvalue weighted by Crippen LogP contribution is 2.25. The van der Waals surface area contributed by atoms with Crippen LogP contribution >= 0.6 is 0 Å². The molecule has 1 fully saturated rings. The second kappa shape index (κ2) is 4.37. The van der Waals surface area contributed by atoms with E-state index in [-0.39, 0.29) is 0 Å². The maximum atomic E-state index is 5.07. The van der Waals surface area contributed by atoms with Gasteiger partial charge in [-0.25, -0.2) is 0 Å². The van der Waals surface area contributed by atoms with Gasteiger partial charge in [0.25, 0.3) is 0 Å². The van der Waals surface area contributed by atoms with Gasteiger partial charge in [0.1, 0.15) is 0 Å². The normalized spacial score (nSPS) is 26.3. The molecule has 0 aromatic carbocycles. The fourth-order valence-corrected chi connectivity index (χ4v) is 2.41. The maximum Gasteiger partial charge on any atom is 0.0947 e. The smallest absolute Gasteiger partial charge is 0.0947 e. The Kier molecular flexibility index (Phi) is 3.12. The quantitative estimate of drug-likeness (QED) is 0.816. The van der Waals surface area contributed by atoms with Crippen molar-refractivity contribution in [1.82, 2.24) is 10.2 Å². The number of furan rings is 1. The molecule has 1 saturated heterocycles. The molecule has 3 nitrogen and oxygen atoms in total. The summed E-state index contributed by atoms with van der Waals surface area (Å²) in [5, 5.41) is 3.43. The van der Waals surface area contributed by atoms with Gasteiger partial charge in [-0.2, -0.15) is 0 Å². The molecule has 0 bridgehead atoms. The van der Waals surface area contributed by atoms with Crippen LogP contribution in [0.1, 0.15) is 18.9 Å². The molecule has 0 aliphatic carbocycles. The van der Waals surface area contributed by atoms with Crippen LogP contribution in [0, 0.1) is 5.41 Å². The van der Waals surface area contributed by atoms with Crippen molar-refractivity contribution in [1.29, 1.82) is 0 Å². The first-order chi connectivity index (χ1) is 7.18. The Labute approximate surface area is 91.4 Å². The van der Waals surface area contributed by atoms with Crippen molar-refractivity contribution < 1.29 is 4.42 Å².